The minimum absolute atomic E-state index is 0.0240. The molecule has 1 saturated carbocycles. The van der Waals surface area contributed by atoms with Gasteiger partial charge in [-0.25, -0.2) is 4.98 Å². The standard InChI is InChI=1S/C19H25N3O4/c23-8-10-26-17-7-9-25-12-15(17)20-18(24)11-22-16-4-2-1-3-14(16)21-19(22)13-5-6-13/h1-4,13,15,17,23H,5-12H2,(H,20,24)/t15-,17+/m1/s1. The van der Waals surface area contributed by atoms with E-state index in [1.165, 1.54) is 0 Å². The fourth-order valence-corrected chi connectivity index (χ4v) is 3.57. The van der Waals surface area contributed by atoms with Crippen molar-refractivity contribution in [1.29, 1.82) is 0 Å². The van der Waals surface area contributed by atoms with Crippen LogP contribution in [0, 0.1) is 0 Å². The SMILES string of the molecule is O=C(Cn1c(C2CC2)nc2ccccc21)N[C@@H]1COCC[C@@H]1OCCO. The molecular formula is C19H25N3O4. The van der Waals surface area contributed by atoms with Gasteiger partial charge in [0.05, 0.1) is 43.0 Å². The fraction of sp³-hybridized carbons (Fsp3) is 0.579. The van der Waals surface area contributed by atoms with Crippen LogP contribution in [0.15, 0.2) is 24.3 Å². The molecule has 0 spiro atoms. The first kappa shape index (κ1) is 17.5. The Kier molecular flexibility index (Phi) is 5.19. The minimum Gasteiger partial charge on any atom is -0.394 e. The highest BCUT2D eigenvalue weighted by atomic mass is 16.5. The number of aromatic nitrogens is 2. The molecule has 0 bridgehead atoms. The van der Waals surface area contributed by atoms with Gasteiger partial charge in [0.25, 0.3) is 0 Å². The van der Waals surface area contributed by atoms with E-state index in [-0.39, 0.29) is 37.8 Å². The molecule has 7 heteroatoms. The summed E-state index contributed by atoms with van der Waals surface area (Å²) >= 11 is 0. The molecule has 7 nitrogen and oxygen atoms in total. The van der Waals surface area contributed by atoms with Crippen molar-refractivity contribution in [1.82, 2.24) is 14.9 Å². The summed E-state index contributed by atoms with van der Waals surface area (Å²) in [5.41, 5.74) is 1.94. The van der Waals surface area contributed by atoms with Crippen LogP contribution in [0.25, 0.3) is 11.0 Å². The highest BCUT2D eigenvalue weighted by Gasteiger charge is 2.31. The average molecular weight is 359 g/mol. The molecule has 1 aromatic heterocycles. The lowest BCUT2D eigenvalue weighted by Gasteiger charge is -2.32. The smallest absolute Gasteiger partial charge is 0.240 e. The van der Waals surface area contributed by atoms with Crippen molar-refractivity contribution in [2.45, 2.75) is 43.9 Å². The molecule has 2 heterocycles. The number of carbonyl (C=O) groups is 1. The Balaban J connectivity index is 1.47. The third kappa shape index (κ3) is 3.75. The van der Waals surface area contributed by atoms with Crippen molar-refractivity contribution in [3.8, 4) is 0 Å². The van der Waals surface area contributed by atoms with E-state index in [9.17, 15) is 4.79 Å². The highest BCUT2D eigenvalue weighted by Crippen LogP contribution is 2.40. The van der Waals surface area contributed by atoms with Gasteiger partial charge in [-0.15, -0.1) is 0 Å². The van der Waals surface area contributed by atoms with Gasteiger partial charge >= 0.3 is 0 Å². The molecule has 2 fully saturated rings. The molecule has 1 amide bonds. The van der Waals surface area contributed by atoms with E-state index in [1.54, 1.807) is 0 Å². The van der Waals surface area contributed by atoms with Crippen LogP contribution in [-0.4, -0.2) is 59.1 Å². The molecule has 26 heavy (non-hydrogen) atoms. The summed E-state index contributed by atoms with van der Waals surface area (Å²) in [6.07, 6.45) is 2.87. The van der Waals surface area contributed by atoms with E-state index in [4.69, 9.17) is 19.6 Å². The summed E-state index contributed by atoms with van der Waals surface area (Å²) in [7, 11) is 0. The monoisotopic (exact) mass is 359 g/mol. The molecule has 1 aliphatic heterocycles. The molecule has 0 unspecified atom stereocenters. The number of amides is 1. The van der Waals surface area contributed by atoms with Gasteiger partial charge in [-0.05, 0) is 31.4 Å². The molecule has 0 radical (unpaired) electrons. The fourth-order valence-electron chi connectivity index (χ4n) is 3.57. The van der Waals surface area contributed by atoms with E-state index >= 15 is 0 Å². The third-order valence-electron chi connectivity index (χ3n) is 4.99. The Bertz CT molecular complexity index is 771. The second kappa shape index (κ2) is 7.73. The number of fused-ring (bicyclic) bond motifs is 1. The van der Waals surface area contributed by atoms with Crippen LogP contribution in [0.1, 0.15) is 31.0 Å². The van der Waals surface area contributed by atoms with E-state index < -0.39 is 0 Å². The zero-order valence-electron chi connectivity index (χ0n) is 14.8. The van der Waals surface area contributed by atoms with Crippen molar-refractivity contribution >= 4 is 16.9 Å². The molecule has 1 saturated heterocycles. The number of nitrogens with zero attached hydrogens (tertiary/aromatic N) is 2. The van der Waals surface area contributed by atoms with Gasteiger partial charge in [-0.3, -0.25) is 4.79 Å². The largest absolute Gasteiger partial charge is 0.394 e. The van der Waals surface area contributed by atoms with Crippen LogP contribution in [0.4, 0.5) is 0 Å². The Morgan fingerprint density at radius 3 is 3.00 bits per heavy atom. The zero-order valence-corrected chi connectivity index (χ0v) is 14.8. The molecule has 2 atom stereocenters. The zero-order chi connectivity index (χ0) is 17.9. The topological polar surface area (TPSA) is 85.6 Å². The van der Waals surface area contributed by atoms with Crippen LogP contribution in [0.2, 0.25) is 0 Å². The number of aliphatic hydroxyl groups excluding tert-OH is 1. The maximum Gasteiger partial charge on any atom is 0.240 e. The number of benzene rings is 1. The van der Waals surface area contributed by atoms with E-state index in [0.29, 0.717) is 25.6 Å². The van der Waals surface area contributed by atoms with Gasteiger partial charge in [-0.2, -0.15) is 0 Å². The number of hydrogen-bond acceptors (Lipinski definition) is 5. The van der Waals surface area contributed by atoms with Crippen molar-refractivity contribution in [2.24, 2.45) is 0 Å². The Hall–Kier alpha value is -1.96. The second-order valence-electron chi connectivity index (χ2n) is 6.99. The second-order valence-corrected chi connectivity index (χ2v) is 6.99. The van der Waals surface area contributed by atoms with Crippen LogP contribution in [0.5, 0.6) is 0 Å². The van der Waals surface area contributed by atoms with Gasteiger partial charge < -0.3 is 24.5 Å². The van der Waals surface area contributed by atoms with Crippen molar-refractivity contribution < 1.29 is 19.4 Å². The van der Waals surface area contributed by atoms with Crippen molar-refractivity contribution in [3.63, 3.8) is 0 Å². The number of imidazole rings is 1. The van der Waals surface area contributed by atoms with Gasteiger partial charge in [0.15, 0.2) is 0 Å². The van der Waals surface area contributed by atoms with Gasteiger partial charge in [0, 0.05) is 12.5 Å². The number of ether oxygens (including phenoxy) is 2. The lowest BCUT2D eigenvalue weighted by Crippen LogP contribution is -2.51. The van der Waals surface area contributed by atoms with Crippen LogP contribution in [-0.2, 0) is 20.8 Å². The summed E-state index contributed by atoms with van der Waals surface area (Å²) < 4.78 is 13.2. The van der Waals surface area contributed by atoms with Gasteiger partial charge in [0.2, 0.25) is 5.91 Å². The quantitative estimate of drug-likeness (QED) is 0.776. The molecular weight excluding hydrogens is 334 g/mol. The average Bonchev–Trinajstić information content (AvgIpc) is 3.44. The van der Waals surface area contributed by atoms with Crippen LogP contribution < -0.4 is 5.32 Å². The maximum absolute atomic E-state index is 12.7. The van der Waals surface area contributed by atoms with Crippen molar-refractivity contribution in [3.05, 3.63) is 30.1 Å². The predicted octanol–water partition coefficient (Wildman–Crippen LogP) is 1.20. The van der Waals surface area contributed by atoms with Crippen molar-refractivity contribution in [2.75, 3.05) is 26.4 Å². The lowest BCUT2D eigenvalue weighted by atomic mass is 10.1. The van der Waals surface area contributed by atoms with Crippen LogP contribution >= 0.6 is 0 Å². The number of carbonyl (C=O) groups excluding carboxylic acids is 1. The summed E-state index contributed by atoms with van der Waals surface area (Å²) in [4.78, 5) is 17.5. The first-order chi connectivity index (χ1) is 12.8. The molecule has 140 valence electrons. The summed E-state index contributed by atoms with van der Waals surface area (Å²) in [5.74, 6) is 1.41. The lowest BCUT2D eigenvalue weighted by molar-refractivity contribution is -0.127. The predicted molar refractivity (Wildman–Crippen MR) is 95.9 cm³/mol. The number of rotatable bonds is 7. The van der Waals surface area contributed by atoms with E-state index in [1.807, 2.05) is 28.8 Å². The maximum atomic E-state index is 12.7. The Labute approximate surface area is 152 Å². The molecule has 2 N–H and O–H groups in total. The van der Waals surface area contributed by atoms with E-state index in [0.717, 1.165) is 29.7 Å². The molecule has 1 aliphatic carbocycles. The Morgan fingerprint density at radius 1 is 1.35 bits per heavy atom. The Morgan fingerprint density at radius 2 is 2.19 bits per heavy atom. The number of aliphatic hydroxyl groups is 1. The molecule has 2 aromatic rings. The summed E-state index contributed by atoms with van der Waals surface area (Å²) in [6.45, 7) is 1.54. The summed E-state index contributed by atoms with van der Waals surface area (Å²) in [6, 6.07) is 7.76. The number of nitrogens with one attached hydrogen (secondary N) is 1. The van der Waals surface area contributed by atoms with Gasteiger partial charge in [0.1, 0.15) is 12.4 Å². The highest BCUT2D eigenvalue weighted by molar-refractivity contribution is 5.81. The van der Waals surface area contributed by atoms with Crippen LogP contribution in [0.3, 0.4) is 0 Å². The molecule has 2 aliphatic rings. The first-order valence-corrected chi connectivity index (χ1v) is 9.31. The van der Waals surface area contributed by atoms with Gasteiger partial charge in [-0.1, -0.05) is 12.1 Å². The summed E-state index contributed by atoms with van der Waals surface area (Å²) in [5, 5.41) is 12.0. The minimum atomic E-state index is -0.193. The number of para-hydroxylation sites is 2. The molecule has 1 aromatic carbocycles. The third-order valence-corrected chi connectivity index (χ3v) is 4.99. The first-order valence-electron chi connectivity index (χ1n) is 9.31. The normalized spacial score (nSPS) is 23.3. The number of hydrogen-bond donors (Lipinski definition) is 2. The molecule has 4 rings (SSSR count). The van der Waals surface area contributed by atoms with E-state index in [2.05, 4.69) is 5.32 Å².